The van der Waals surface area contributed by atoms with Gasteiger partial charge in [-0.05, 0) is 24.0 Å². The Morgan fingerprint density at radius 2 is 2.21 bits per heavy atom. The Morgan fingerprint density at radius 1 is 1.33 bits per heavy atom. The van der Waals surface area contributed by atoms with Gasteiger partial charge in [-0.15, -0.1) is 0 Å². The van der Waals surface area contributed by atoms with E-state index in [4.69, 9.17) is 0 Å². The first-order valence-electron chi connectivity index (χ1n) is 8.18. The first kappa shape index (κ1) is 16.2. The summed E-state index contributed by atoms with van der Waals surface area (Å²) in [5.74, 6) is -0.158. The maximum Gasteiger partial charge on any atom is 0.242 e. The van der Waals surface area contributed by atoms with E-state index in [1.165, 1.54) is 6.33 Å². The van der Waals surface area contributed by atoms with Crippen LogP contribution in [0.5, 0.6) is 0 Å². The lowest BCUT2D eigenvalue weighted by molar-refractivity contribution is -0.128. The summed E-state index contributed by atoms with van der Waals surface area (Å²) in [6.07, 6.45) is 6.12. The molecule has 1 saturated heterocycles. The monoisotopic (exact) mass is 327 g/mol. The quantitative estimate of drug-likeness (QED) is 0.857. The Bertz CT molecular complexity index is 699. The van der Waals surface area contributed by atoms with Crippen LogP contribution in [0.1, 0.15) is 36.8 Å². The molecule has 0 unspecified atom stereocenters. The number of hydrogen-bond donors (Lipinski definition) is 2. The summed E-state index contributed by atoms with van der Waals surface area (Å²) in [6.45, 7) is 1.08. The van der Waals surface area contributed by atoms with Gasteiger partial charge in [0, 0.05) is 13.0 Å². The van der Waals surface area contributed by atoms with Gasteiger partial charge < -0.3 is 10.6 Å². The van der Waals surface area contributed by atoms with Crippen LogP contribution in [-0.4, -0.2) is 32.6 Å². The van der Waals surface area contributed by atoms with E-state index < -0.39 is 6.04 Å². The molecular weight excluding hydrogens is 306 g/mol. The molecule has 0 radical (unpaired) electrons. The van der Waals surface area contributed by atoms with E-state index in [9.17, 15) is 9.59 Å². The second kappa shape index (κ2) is 7.72. The van der Waals surface area contributed by atoms with Crippen molar-refractivity contribution in [2.75, 3.05) is 0 Å². The van der Waals surface area contributed by atoms with Gasteiger partial charge in [0.25, 0.3) is 0 Å². The van der Waals surface area contributed by atoms with Gasteiger partial charge in [-0.1, -0.05) is 30.7 Å². The van der Waals surface area contributed by atoms with Crippen molar-refractivity contribution in [2.24, 2.45) is 0 Å². The number of hydrogen-bond acceptors (Lipinski definition) is 4. The predicted molar refractivity (Wildman–Crippen MR) is 87.8 cm³/mol. The summed E-state index contributed by atoms with van der Waals surface area (Å²) < 4.78 is 1.75. The van der Waals surface area contributed by atoms with E-state index in [0.717, 1.165) is 24.0 Å². The van der Waals surface area contributed by atoms with Crippen molar-refractivity contribution >= 4 is 11.8 Å². The number of benzene rings is 1. The Hall–Kier alpha value is -2.70. The lowest BCUT2D eigenvalue weighted by Gasteiger charge is -2.16. The molecule has 1 aromatic carbocycles. The second-order valence-electron chi connectivity index (χ2n) is 6.00. The molecule has 1 fully saturated rings. The molecule has 7 heteroatoms. The van der Waals surface area contributed by atoms with Crippen molar-refractivity contribution in [2.45, 2.75) is 44.8 Å². The maximum atomic E-state index is 12.3. The van der Waals surface area contributed by atoms with E-state index in [-0.39, 0.29) is 11.8 Å². The first-order chi connectivity index (χ1) is 11.7. The fourth-order valence-corrected chi connectivity index (χ4v) is 2.82. The standard InChI is InChI=1S/C17H21N5O2/c23-16-7-2-1-6-15(21-16)17(24)19-9-13-4-3-5-14(8-13)10-22-12-18-11-20-22/h3-5,8,11-12,15H,1-2,6-7,9-10H2,(H,19,24)(H,21,23)/t15-/m0/s1. The largest absolute Gasteiger partial charge is 0.350 e. The molecule has 2 aromatic rings. The minimum absolute atomic E-state index is 0.0394. The third-order valence-corrected chi connectivity index (χ3v) is 4.07. The zero-order chi connectivity index (χ0) is 16.8. The normalized spacial score (nSPS) is 17.8. The van der Waals surface area contributed by atoms with Crippen LogP contribution >= 0.6 is 0 Å². The van der Waals surface area contributed by atoms with Crippen molar-refractivity contribution in [3.63, 3.8) is 0 Å². The first-order valence-corrected chi connectivity index (χ1v) is 8.18. The van der Waals surface area contributed by atoms with Gasteiger partial charge in [-0.25, -0.2) is 9.67 Å². The molecule has 0 aliphatic carbocycles. The van der Waals surface area contributed by atoms with Crippen molar-refractivity contribution in [3.8, 4) is 0 Å². The fraction of sp³-hybridized carbons (Fsp3) is 0.412. The Kier molecular flexibility index (Phi) is 5.20. The molecule has 2 amide bonds. The number of nitrogens with zero attached hydrogens (tertiary/aromatic N) is 3. The Morgan fingerprint density at radius 3 is 3.04 bits per heavy atom. The molecule has 0 saturated carbocycles. The maximum absolute atomic E-state index is 12.3. The van der Waals surface area contributed by atoms with Gasteiger partial charge in [-0.3, -0.25) is 9.59 Å². The predicted octanol–water partition coefficient (Wildman–Crippen LogP) is 1.00. The van der Waals surface area contributed by atoms with Gasteiger partial charge in [0.2, 0.25) is 11.8 Å². The van der Waals surface area contributed by atoms with Crippen LogP contribution < -0.4 is 10.6 Å². The smallest absolute Gasteiger partial charge is 0.242 e. The number of carbonyl (C=O) groups excluding carboxylic acids is 2. The van der Waals surface area contributed by atoms with Crippen LogP contribution in [-0.2, 0) is 22.7 Å². The highest BCUT2D eigenvalue weighted by Gasteiger charge is 2.22. The van der Waals surface area contributed by atoms with Crippen LogP contribution in [0.25, 0.3) is 0 Å². The van der Waals surface area contributed by atoms with Crippen molar-refractivity contribution in [1.29, 1.82) is 0 Å². The topological polar surface area (TPSA) is 88.9 Å². The van der Waals surface area contributed by atoms with Crippen LogP contribution in [0.4, 0.5) is 0 Å². The fourth-order valence-electron chi connectivity index (χ4n) is 2.82. The highest BCUT2D eigenvalue weighted by atomic mass is 16.2. The van der Waals surface area contributed by atoms with E-state index in [2.05, 4.69) is 20.7 Å². The van der Waals surface area contributed by atoms with Crippen LogP contribution in [0.3, 0.4) is 0 Å². The molecule has 3 rings (SSSR count). The van der Waals surface area contributed by atoms with Crippen LogP contribution in [0.2, 0.25) is 0 Å². The van der Waals surface area contributed by atoms with E-state index >= 15 is 0 Å². The molecule has 0 bridgehead atoms. The minimum atomic E-state index is -0.418. The third-order valence-electron chi connectivity index (χ3n) is 4.07. The molecule has 7 nitrogen and oxygen atoms in total. The summed E-state index contributed by atoms with van der Waals surface area (Å²) in [4.78, 5) is 27.8. The highest BCUT2D eigenvalue weighted by Crippen LogP contribution is 2.10. The zero-order valence-corrected chi connectivity index (χ0v) is 13.4. The van der Waals surface area contributed by atoms with Gasteiger partial charge in [0.05, 0.1) is 6.54 Å². The van der Waals surface area contributed by atoms with Gasteiger partial charge in [0.1, 0.15) is 18.7 Å². The molecule has 1 atom stereocenters. The lowest BCUT2D eigenvalue weighted by atomic mass is 10.1. The summed E-state index contributed by atoms with van der Waals surface area (Å²) in [7, 11) is 0. The number of amides is 2. The summed E-state index contributed by atoms with van der Waals surface area (Å²) in [6, 6.07) is 7.56. The average Bonchev–Trinajstić information content (AvgIpc) is 2.99. The molecular formula is C17H21N5O2. The number of nitrogens with one attached hydrogen (secondary N) is 2. The van der Waals surface area contributed by atoms with E-state index in [1.54, 1.807) is 11.0 Å². The third kappa shape index (κ3) is 4.41. The van der Waals surface area contributed by atoms with Gasteiger partial charge >= 0.3 is 0 Å². The van der Waals surface area contributed by atoms with Gasteiger partial charge in [0.15, 0.2) is 0 Å². The van der Waals surface area contributed by atoms with Crippen molar-refractivity contribution < 1.29 is 9.59 Å². The SMILES string of the molecule is O=C1CCCC[C@@H](C(=O)NCc2cccc(Cn3cncn3)c2)N1. The lowest BCUT2D eigenvalue weighted by Crippen LogP contribution is -2.45. The molecule has 2 N–H and O–H groups in total. The van der Waals surface area contributed by atoms with Crippen molar-refractivity contribution in [1.82, 2.24) is 25.4 Å². The molecule has 1 aliphatic rings. The van der Waals surface area contributed by atoms with Crippen LogP contribution in [0.15, 0.2) is 36.9 Å². The van der Waals surface area contributed by atoms with E-state index in [1.807, 2.05) is 24.3 Å². The number of aromatic nitrogens is 3. The Balaban J connectivity index is 1.56. The summed E-state index contributed by atoms with van der Waals surface area (Å²) >= 11 is 0. The van der Waals surface area contributed by atoms with Crippen molar-refractivity contribution in [3.05, 3.63) is 48.0 Å². The molecule has 2 heterocycles. The molecule has 126 valence electrons. The van der Waals surface area contributed by atoms with E-state index in [0.29, 0.717) is 25.9 Å². The minimum Gasteiger partial charge on any atom is -0.350 e. The summed E-state index contributed by atoms with van der Waals surface area (Å²) in [5, 5.41) is 9.79. The second-order valence-corrected chi connectivity index (χ2v) is 6.00. The highest BCUT2D eigenvalue weighted by molar-refractivity contribution is 5.87. The molecule has 1 aromatic heterocycles. The Labute approximate surface area is 140 Å². The van der Waals surface area contributed by atoms with Crippen LogP contribution in [0, 0.1) is 0 Å². The van der Waals surface area contributed by atoms with Gasteiger partial charge in [-0.2, -0.15) is 5.10 Å². The zero-order valence-electron chi connectivity index (χ0n) is 13.4. The summed E-state index contributed by atoms with van der Waals surface area (Å²) in [5.41, 5.74) is 2.11. The molecule has 0 spiro atoms. The molecule has 24 heavy (non-hydrogen) atoms. The average molecular weight is 327 g/mol. The number of rotatable bonds is 5. The molecule has 1 aliphatic heterocycles. The number of carbonyl (C=O) groups is 2.